The van der Waals surface area contributed by atoms with Crippen molar-refractivity contribution >= 4 is 19.8 Å². The van der Waals surface area contributed by atoms with Gasteiger partial charge in [0.25, 0.3) is 7.82 Å². The fraction of sp³-hybridized carbons (Fsp3) is 0.951. The number of unbranched alkanes of at least 4 members (excludes halogenated alkanes) is 20. The van der Waals surface area contributed by atoms with Crippen molar-refractivity contribution in [2.24, 2.45) is 5.92 Å². The molecule has 10 heteroatoms. The van der Waals surface area contributed by atoms with Crippen molar-refractivity contribution in [1.29, 1.82) is 0 Å². The molecule has 1 unspecified atom stereocenters. The Labute approximate surface area is 314 Å². The molecule has 0 saturated heterocycles. The lowest BCUT2D eigenvalue weighted by molar-refractivity contribution is -0.870. The number of ether oxygens (including phenoxy) is 2. The van der Waals surface area contributed by atoms with E-state index in [4.69, 9.17) is 18.5 Å². The summed E-state index contributed by atoms with van der Waals surface area (Å²) in [6.45, 7) is 6.62. The quantitative estimate of drug-likeness (QED) is 0.0266. The smallest absolute Gasteiger partial charge is 0.306 e. The van der Waals surface area contributed by atoms with Gasteiger partial charge in [-0.25, -0.2) is 0 Å². The summed E-state index contributed by atoms with van der Waals surface area (Å²) < 4.78 is 33.9. The number of carbonyl (C=O) groups is 2. The Bertz CT molecular complexity index is 865. The second kappa shape index (κ2) is 33.6. The van der Waals surface area contributed by atoms with E-state index in [1.807, 2.05) is 21.1 Å². The first-order valence-electron chi connectivity index (χ1n) is 21.1. The number of hydrogen-bond donors (Lipinski definition) is 0. The van der Waals surface area contributed by atoms with Gasteiger partial charge in [0, 0.05) is 12.8 Å². The average molecular weight is 748 g/mol. The van der Waals surface area contributed by atoms with Crippen LogP contribution >= 0.6 is 7.82 Å². The fourth-order valence-electron chi connectivity index (χ4n) is 6.06. The van der Waals surface area contributed by atoms with Crippen molar-refractivity contribution in [2.45, 2.75) is 200 Å². The standard InChI is InChI=1S/C41H82NO8P/c1-7-9-11-12-13-14-15-16-17-18-23-26-29-33-41(44)50-39(37-49-51(45,46)48-35-34-42(4,5)6)36-47-40(43)32-28-25-22-20-19-21-24-27-31-38(3)30-10-8-2/h38-39H,7-37H2,1-6H3/t38-,39+/m0/s1. The van der Waals surface area contributed by atoms with Gasteiger partial charge in [-0.15, -0.1) is 0 Å². The van der Waals surface area contributed by atoms with Crippen LogP contribution in [-0.4, -0.2) is 70.0 Å². The Balaban J connectivity index is 4.39. The number of rotatable bonds is 38. The van der Waals surface area contributed by atoms with Crippen molar-refractivity contribution in [1.82, 2.24) is 0 Å². The molecule has 3 atom stereocenters. The van der Waals surface area contributed by atoms with E-state index in [9.17, 15) is 19.0 Å². The van der Waals surface area contributed by atoms with E-state index in [-0.39, 0.29) is 32.0 Å². The van der Waals surface area contributed by atoms with Crippen LogP contribution in [0.4, 0.5) is 0 Å². The highest BCUT2D eigenvalue weighted by Gasteiger charge is 2.21. The molecule has 51 heavy (non-hydrogen) atoms. The number of hydrogen-bond acceptors (Lipinski definition) is 8. The fourth-order valence-corrected chi connectivity index (χ4v) is 6.79. The molecule has 0 heterocycles. The Morgan fingerprint density at radius 1 is 0.588 bits per heavy atom. The minimum absolute atomic E-state index is 0.0266. The Kier molecular flexibility index (Phi) is 32.9. The van der Waals surface area contributed by atoms with Gasteiger partial charge in [0.1, 0.15) is 19.8 Å². The lowest BCUT2D eigenvalue weighted by Gasteiger charge is -2.28. The lowest BCUT2D eigenvalue weighted by Crippen LogP contribution is -2.37. The maximum Gasteiger partial charge on any atom is 0.306 e. The Hall–Kier alpha value is -0.990. The highest BCUT2D eigenvalue weighted by atomic mass is 31.2. The highest BCUT2D eigenvalue weighted by molar-refractivity contribution is 7.45. The van der Waals surface area contributed by atoms with Gasteiger partial charge in [0.15, 0.2) is 6.10 Å². The van der Waals surface area contributed by atoms with Gasteiger partial charge >= 0.3 is 11.9 Å². The maximum atomic E-state index is 12.6. The number of phosphoric acid groups is 1. The van der Waals surface area contributed by atoms with Gasteiger partial charge in [-0.1, -0.05) is 168 Å². The molecular weight excluding hydrogens is 665 g/mol. The average Bonchev–Trinajstić information content (AvgIpc) is 3.07. The molecule has 0 spiro atoms. The van der Waals surface area contributed by atoms with Crippen LogP contribution in [0.5, 0.6) is 0 Å². The number of likely N-dealkylation sites (N-methyl/N-ethyl adjacent to an activating group) is 1. The molecule has 0 amide bonds. The predicted octanol–water partition coefficient (Wildman–Crippen LogP) is 10.9. The van der Waals surface area contributed by atoms with Crippen molar-refractivity contribution in [3.8, 4) is 0 Å². The van der Waals surface area contributed by atoms with E-state index in [1.165, 1.54) is 122 Å². The van der Waals surface area contributed by atoms with Gasteiger partial charge in [-0.3, -0.25) is 14.2 Å². The van der Waals surface area contributed by atoms with E-state index >= 15 is 0 Å². The molecule has 9 nitrogen and oxygen atoms in total. The molecular formula is C41H82NO8P. The number of quaternary nitrogens is 1. The van der Waals surface area contributed by atoms with Crippen molar-refractivity contribution in [3.05, 3.63) is 0 Å². The van der Waals surface area contributed by atoms with Crippen molar-refractivity contribution in [3.63, 3.8) is 0 Å². The minimum Gasteiger partial charge on any atom is -0.756 e. The number of phosphoric ester groups is 1. The van der Waals surface area contributed by atoms with Crippen molar-refractivity contribution in [2.75, 3.05) is 47.5 Å². The van der Waals surface area contributed by atoms with Crippen LogP contribution in [0.3, 0.4) is 0 Å². The van der Waals surface area contributed by atoms with Gasteiger partial charge in [0.2, 0.25) is 0 Å². The van der Waals surface area contributed by atoms with Gasteiger partial charge in [-0.2, -0.15) is 0 Å². The third kappa shape index (κ3) is 37.1. The van der Waals surface area contributed by atoms with Crippen LogP contribution in [0.25, 0.3) is 0 Å². The summed E-state index contributed by atoms with van der Waals surface area (Å²) in [4.78, 5) is 37.4. The molecule has 304 valence electrons. The highest BCUT2D eigenvalue weighted by Crippen LogP contribution is 2.38. The number of esters is 2. The second-order valence-corrected chi connectivity index (χ2v) is 17.4. The summed E-state index contributed by atoms with van der Waals surface area (Å²) in [5.41, 5.74) is 0. The zero-order valence-corrected chi connectivity index (χ0v) is 35.1. The first kappa shape index (κ1) is 50.0. The Morgan fingerprint density at radius 2 is 1.02 bits per heavy atom. The SMILES string of the molecule is CCCCCCCCCCCCCCCC(=O)O[C@H](COC(=O)CCCCCCCCCC[C@@H](C)CCCC)COP(=O)([O-])OCC[N+](C)(C)C. The van der Waals surface area contributed by atoms with E-state index in [1.54, 1.807) is 0 Å². The molecule has 0 aliphatic rings. The molecule has 0 saturated carbocycles. The largest absolute Gasteiger partial charge is 0.756 e. The van der Waals surface area contributed by atoms with Gasteiger partial charge in [-0.05, 0) is 18.8 Å². The minimum atomic E-state index is -4.61. The molecule has 0 N–H and O–H groups in total. The Morgan fingerprint density at radius 3 is 1.51 bits per heavy atom. The summed E-state index contributed by atoms with van der Waals surface area (Å²) in [5, 5.41) is 0. The molecule has 0 fully saturated rings. The van der Waals surface area contributed by atoms with Crippen LogP contribution < -0.4 is 4.89 Å². The number of carbonyl (C=O) groups excluding carboxylic acids is 2. The first-order valence-corrected chi connectivity index (χ1v) is 22.6. The summed E-state index contributed by atoms with van der Waals surface area (Å²) >= 11 is 0. The van der Waals surface area contributed by atoms with Crippen LogP contribution in [0.15, 0.2) is 0 Å². The van der Waals surface area contributed by atoms with Crippen LogP contribution in [0, 0.1) is 5.92 Å². The maximum absolute atomic E-state index is 12.6. The summed E-state index contributed by atoms with van der Waals surface area (Å²) in [6, 6.07) is 0. The normalized spacial score (nSPS) is 14.3. The summed E-state index contributed by atoms with van der Waals surface area (Å²) in [7, 11) is 1.18. The predicted molar refractivity (Wildman–Crippen MR) is 208 cm³/mol. The lowest BCUT2D eigenvalue weighted by atomic mass is 9.97. The molecule has 0 aromatic carbocycles. The van der Waals surface area contributed by atoms with Gasteiger partial charge in [0.05, 0.1) is 27.7 Å². The van der Waals surface area contributed by atoms with E-state index in [0.717, 1.165) is 38.0 Å². The third-order valence-electron chi connectivity index (χ3n) is 9.52. The molecule has 0 radical (unpaired) electrons. The molecule has 0 rings (SSSR count). The zero-order valence-electron chi connectivity index (χ0n) is 34.2. The molecule has 0 aromatic rings. The summed E-state index contributed by atoms with van der Waals surface area (Å²) in [5.74, 6) is 0.0217. The van der Waals surface area contributed by atoms with Crippen LogP contribution in [-0.2, 0) is 32.7 Å². The molecule has 0 aliphatic heterocycles. The molecule has 0 aliphatic carbocycles. The van der Waals surface area contributed by atoms with Crippen LogP contribution in [0.1, 0.15) is 194 Å². The van der Waals surface area contributed by atoms with Crippen molar-refractivity contribution < 1.29 is 42.1 Å². The number of nitrogens with zero attached hydrogens (tertiary/aromatic N) is 1. The zero-order chi connectivity index (χ0) is 38.1. The topological polar surface area (TPSA) is 111 Å². The van der Waals surface area contributed by atoms with Gasteiger partial charge < -0.3 is 27.9 Å². The first-order chi connectivity index (χ1) is 24.4. The molecule has 0 bridgehead atoms. The summed E-state index contributed by atoms with van der Waals surface area (Å²) in [6.07, 6.45) is 29.7. The van der Waals surface area contributed by atoms with E-state index in [2.05, 4.69) is 20.8 Å². The third-order valence-corrected chi connectivity index (χ3v) is 10.5. The van der Waals surface area contributed by atoms with E-state index < -0.39 is 26.5 Å². The monoisotopic (exact) mass is 748 g/mol. The molecule has 0 aromatic heterocycles. The van der Waals surface area contributed by atoms with E-state index in [0.29, 0.717) is 17.4 Å². The second-order valence-electron chi connectivity index (χ2n) is 16.0. The van der Waals surface area contributed by atoms with Crippen LogP contribution in [0.2, 0.25) is 0 Å².